The Bertz CT molecular complexity index is 1010. The van der Waals surface area contributed by atoms with E-state index < -0.39 is 47.5 Å². The second-order valence-electron chi connectivity index (χ2n) is 13.8. The van der Waals surface area contributed by atoms with E-state index in [1.807, 2.05) is 0 Å². The van der Waals surface area contributed by atoms with Gasteiger partial charge in [0.05, 0.1) is 13.2 Å². The first-order chi connectivity index (χ1) is 18.7. The van der Waals surface area contributed by atoms with Crippen LogP contribution < -0.4 is 10.6 Å². The third-order valence-corrected chi connectivity index (χ3v) is 9.40. The van der Waals surface area contributed by atoms with E-state index in [0.29, 0.717) is 18.9 Å². The van der Waals surface area contributed by atoms with Crippen molar-refractivity contribution >= 4 is 29.7 Å². The molecule has 1 saturated heterocycles. The van der Waals surface area contributed by atoms with E-state index in [-0.39, 0.29) is 29.1 Å². The smallest absolute Gasteiger partial charge is 0.408 e. The summed E-state index contributed by atoms with van der Waals surface area (Å²) in [5.41, 5.74) is -0.846. The average molecular weight is 562 g/mol. The minimum absolute atomic E-state index is 0.0467. The quantitative estimate of drug-likeness (QED) is 0.309. The second-order valence-corrected chi connectivity index (χ2v) is 13.8. The number of ether oxygens (including phenoxy) is 2. The Balaban J connectivity index is 1.55. The molecule has 0 bridgehead atoms. The fraction of sp³-hybridized carbons (Fsp3) is 0.833. The SMILES string of the molecule is COC(=O)C(=O)C(CCC1CC1)NC(=O)[C@@H]1[C@@H]2C(CN1C(=O)[C@@H](NC(=O)OC(C)(C)C)C1CCCCC1)C2(C)C. The van der Waals surface area contributed by atoms with Gasteiger partial charge in [0, 0.05) is 6.54 Å². The summed E-state index contributed by atoms with van der Waals surface area (Å²) in [5.74, 6) is -1.93. The number of Topliss-reactive ketones (excluding diaryl/α,β-unsaturated/α-hetero) is 1. The summed E-state index contributed by atoms with van der Waals surface area (Å²) in [4.78, 5) is 67.3. The molecule has 4 rings (SSSR count). The van der Waals surface area contributed by atoms with E-state index in [1.165, 1.54) is 0 Å². The molecule has 1 heterocycles. The standard InChI is InChI=1S/C30H47N3O7/c1-29(2,3)40-28(38)32-22(18-10-8-7-9-11-18)26(36)33-16-19-21(30(19,4)5)23(33)25(35)31-20(15-14-17-12-13-17)24(34)27(37)39-6/h17-23H,7-16H2,1-6H3,(H,31,35)(H,32,38)/t19?,20?,21-,22-,23-/m0/s1. The number of alkyl carbamates (subject to hydrolysis) is 1. The van der Waals surface area contributed by atoms with E-state index >= 15 is 0 Å². The minimum Gasteiger partial charge on any atom is -0.463 e. The molecule has 0 aromatic heterocycles. The molecule has 3 amide bonds. The number of ketones is 1. The summed E-state index contributed by atoms with van der Waals surface area (Å²) >= 11 is 0. The molecule has 0 spiro atoms. The van der Waals surface area contributed by atoms with Gasteiger partial charge in [0.15, 0.2) is 0 Å². The number of methoxy groups -OCH3 is 1. The third kappa shape index (κ3) is 6.79. The highest BCUT2D eigenvalue weighted by Gasteiger charge is 2.69. The average Bonchev–Trinajstić information content (AvgIpc) is 3.75. The number of carbonyl (C=O) groups excluding carboxylic acids is 5. The molecule has 4 fully saturated rings. The third-order valence-electron chi connectivity index (χ3n) is 9.40. The fourth-order valence-corrected chi connectivity index (χ4v) is 6.85. The van der Waals surface area contributed by atoms with Crippen molar-refractivity contribution in [1.29, 1.82) is 0 Å². The number of fused-ring (bicyclic) bond motifs is 1. The lowest BCUT2D eigenvalue weighted by atomic mass is 9.83. The number of hydrogen-bond acceptors (Lipinski definition) is 7. The number of amides is 3. The van der Waals surface area contributed by atoms with Gasteiger partial charge in [-0.1, -0.05) is 46.0 Å². The molecule has 1 aliphatic heterocycles. The normalized spacial score (nSPS) is 27.1. The van der Waals surface area contributed by atoms with Crippen molar-refractivity contribution in [3.8, 4) is 0 Å². The van der Waals surface area contributed by atoms with Crippen molar-refractivity contribution in [3.63, 3.8) is 0 Å². The molecule has 2 N–H and O–H groups in total. The number of carbonyl (C=O) groups is 5. The predicted octanol–water partition coefficient (Wildman–Crippen LogP) is 3.36. The minimum atomic E-state index is -0.993. The lowest BCUT2D eigenvalue weighted by Gasteiger charge is -2.37. The van der Waals surface area contributed by atoms with Crippen molar-refractivity contribution < 1.29 is 33.4 Å². The van der Waals surface area contributed by atoms with Crippen LogP contribution in [-0.4, -0.2) is 71.9 Å². The van der Waals surface area contributed by atoms with E-state index in [9.17, 15) is 24.0 Å². The molecule has 4 aliphatic rings. The van der Waals surface area contributed by atoms with Crippen molar-refractivity contribution in [2.24, 2.45) is 29.1 Å². The lowest BCUT2D eigenvalue weighted by molar-refractivity contribution is -0.153. The number of nitrogens with zero attached hydrogens (tertiary/aromatic N) is 1. The van der Waals surface area contributed by atoms with Crippen LogP contribution in [0.25, 0.3) is 0 Å². The molecule has 10 nitrogen and oxygen atoms in total. The first kappa shape index (κ1) is 30.3. The zero-order chi connectivity index (χ0) is 29.4. The second kappa shape index (κ2) is 11.7. The molecule has 2 unspecified atom stereocenters. The number of hydrogen-bond donors (Lipinski definition) is 2. The fourth-order valence-electron chi connectivity index (χ4n) is 6.85. The lowest BCUT2D eigenvalue weighted by Crippen LogP contribution is -2.59. The molecule has 0 aromatic carbocycles. The number of nitrogens with one attached hydrogen (secondary N) is 2. The van der Waals surface area contributed by atoms with Crippen LogP contribution in [-0.2, 0) is 28.7 Å². The van der Waals surface area contributed by atoms with Crippen molar-refractivity contribution in [3.05, 3.63) is 0 Å². The number of likely N-dealkylation sites (tertiary alicyclic amines) is 1. The van der Waals surface area contributed by atoms with E-state index in [4.69, 9.17) is 4.74 Å². The zero-order valence-electron chi connectivity index (χ0n) is 24.9. The van der Waals surface area contributed by atoms with Crippen LogP contribution in [0.4, 0.5) is 4.79 Å². The zero-order valence-corrected chi connectivity index (χ0v) is 24.9. The molecule has 0 radical (unpaired) electrons. The van der Waals surface area contributed by atoms with Crippen LogP contribution >= 0.6 is 0 Å². The van der Waals surface area contributed by atoms with Gasteiger partial charge in [-0.2, -0.15) is 0 Å². The van der Waals surface area contributed by atoms with E-state index in [1.54, 1.807) is 25.7 Å². The largest absolute Gasteiger partial charge is 0.463 e. The molecule has 3 saturated carbocycles. The van der Waals surface area contributed by atoms with Gasteiger partial charge in [0.1, 0.15) is 17.7 Å². The highest BCUT2D eigenvalue weighted by Crippen LogP contribution is 2.65. The Labute approximate surface area is 237 Å². The van der Waals surface area contributed by atoms with E-state index in [0.717, 1.165) is 58.5 Å². The Morgan fingerprint density at radius 2 is 1.62 bits per heavy atom. The maximum atomic E-state index is 14.2. The topological polar surface area (TPSA) is 131 Å². The summed E-state index contributed by atoms with van der Waals surface area (Å²) in [6.45, 7) is 9.91. The molecular formula is C30H47N3O7. The van der Waals surface area contributed by atoms with Gasteiger partial charge in [-0.3, -0.25) is 14.4 Å². The molecular weight excluding hydrogens is 514 g/mol. The first-order valence-electron chi connectivity index (χ1n) is 15.0. The van der Waals surface area contributed by atoms with Gasteiger partial charge in [-0.25, -0.2) is 9.59 Å². The molecule has 5 atom stereocenters. The van der Waals surface area contributed by atoms with Crippen molar-refractivity contribution in [1.82, 2.24) is 15.5 Å². The maximum absolute atomic E-state index is 14.2. The van der Waals surface area contributed by atoms with Crippen LogP contribution in [0.1, 0.15) is 92.4 Å². The van der Waals surface area contributed by atoms with Gasteiger partial charge >= 0.3 is 12.1 Å². The maximum Gasteiger partial charge on any atom is 0.408 e. The number of esters is 1. The molecule has 3 aliphatic carbocycles. The first-order valence-corrected chi connectivity index (χ1v) is 15.0. The summed E-state index contributed by atoms with van der Waals surface area (Å²) in [7, 11) is 1.15. The number of piperidine rings is 1. The van der Waals surface area contributed by atoms with Crippen LogP contribution in [0.3, 0.4) is 0 Å². The van der Waals surface area contributed by atoms with Crippen molar-refractivity contribution in [2.75, 3.05) is 13.7 Å². The van der Waals surface area contributed by atoms with E-state index in [2.05, 4.69) is 29.2 Å². The Morgan fingerprint density at radius 1 is 0.975 bits per heavy atom. The van der Waals surface area contributed by atoms with Crippen LogP contribution in [0.15, 0.2) is 0 Å². The summed E-state index contributed by atoms with van der Waals surface area (Å²) < 4.78 is 10.1. The summed E-state index contributed by atoms with van der Waals surface area (Å²) in [5, 5.41) is 5.68. The highest BCUT2D eigenvalue weighted by molar-refractivity contribution is 6.36. The molecule has 224 valence electrons. The van der Waals surface area contributed by atoms with Gasteiger partial charge in [0.25, 0.3) is 5.78 Å². The predicted molar refractivity (Wildman–Crippen MR) is 147 cm³/mol. The number of rotatable bonds is 10. The Kier molecular flexibility index (Phi) is 8.85. The van der Waals surface area contributed by atoms with Gasteiger partial charge in [-0.15, -0.1) is 0 Å². The molecule has 0 aromatic rings. The molecule has 40 heavy (non-hydrogen) atoms. The highest BCUT2D eigenvalue weighted by atomic mass is 16.6. The van der Waals surface area contributed by atoms with Crippen LogP contribution in [0.5, 0.6) is 0 Å². The van der Waals surface area contributed by atoms with Gasteiger partial charge < -0.3 is 25.0 Å². The van der Waals surface area contributed by atoms with Gasteiger partial charge in [-0.05, 0) is 75.5 Å². The van der Waals surface area contributed by atoms with Crippen LogP contribution in [0.2, 0.25) is 0 Å². The van der Waals surface area contributed by atoms with Crippen LogP contribution in [0, 0.1) is 29.1 Å². The Hall–Kier alpha value is -2.65. The Morgan fingerprint density at radius 3 is 2.20 bits per heavy atom. The van der Waals surface area contributed by atoms with Gasteiger partial charge in [0.2, 0.25) is 11.8 Å². The molecule has 10 heteroatoms. The van der Waals surface area contributed by atoms with Crippen molar-refractivity contribution in [2.45, 2.75) is 116 Å². The summed E-state index contributed by atoms with van der Waals surface area (Å²) in [6.07, 6.45) is 7.29. The monoisotopic (exact) mass is 561 g/mol. The summed E-state index contributed by atoms with van der Waals surface area (Å²) in [6, 6.07) is -2.58.